The van der Waals surface area contributed by atoms with Crippen LogP contribution < -0.4 is 5.32 Å². The van der Waals surface area contributed by atoms with Crippen molar-refractivity contribution in [2.24, 2.45) is 5.92 Å². The molecule has 2 atom stereocenters. The van der Waals surface area contributed by atoms with Gasteiger partial charge in [-0.15, -0.1) is 0 Å². The van der Waals surface area contributed by atoms with Crippen LogP contribution in [0.15, 0.2) is 4.52 Å². The van der Waals surface area contributed by atoms with Crippen molar-refractivity contribution in [3.8, 4) is 0 Å². The largest absolute Gasteiger partial charge is 0.339 e. The Kier molecular flexibility index (Phi) is 5.58. The molecular weight excluding hydrogens is 250 g/mol. The van der Waals surface area contributed by atoms with Crippen LogP contribution in [-0.2, 0) is 0 Å². The molecule has 0 aliphatic heterocycles. The van der Waals surface area contributed by atoms with E-state index < -0.39 is 0 Å². The molecule has 4 nitrogen and oxygen atoms in total. The SMILES string of the molecule is CCNC(CC)C(C)c1nc(C2CCC(C)CC2)no1. The van der Waals surface area contributed by atoms with Crippen molar-refractivity contribution in [1.82, 2.24) is 15.5 Å². The molecular formula is C16H29N3O. The van der Waals surface area contributed by atoms with Gasteiger partial charge >= 0.3 is 0 Å². The first-order valence-corrected chi connectivity index (χ1v) is 8.22. The van der Waals surface area contributed by atoms with Gasteiger partial charge in [0.2, 0.25) is 5.89 Å². The first kappa shape index (κ1) is 15.5. The number of nitrogens with one attached hydrogen (secondary N) is 1. The maximum absolute atomic E-state index is 5.53. The molecule has 0 spiro atoms. The van der Waals surface area contributed by atoms with Crippen LogP contribution in [0.1, 0.15) is 83.3 Å². The number of rotatable bonds is 6. The zero-order valence-electron chi connectivity index (χ0n) is 13.4. The van der Waals surface area contributed by atoms with Gasteiger partial charge in [0.15, 0.2) is 5.82 Å². The standard InChI is InChI=1S/C16H29N3O/c1-5-14(17-6-2)12(4)16-18-15(19-20-16)13-9-7-11(3)8-10-13/h11-14,17H,5-10H2,1-4H3. The van der Waals surface area contributed by atoms with E-state index in [0.717, 1.165) is 30.6 Å². The number of hydrogen-bond donors (Lipinski definition) is 1. The van der Waals surface area contributed by atoms with E-state index in [0.29, 0.717) is 12.0 Å². The Morgan fingerprint density at radius 2 is 1.95 bits per heavy atom. The fourth-order valence-corrected chi connectivity index (χ4v) is 3.23. The van der Waals surface area contributed by atoms with Gasteiger partial charge in [0.25, 0.3) is 0 Å². The highest BCUT2D eigenvalue weighted by atomic mass is 16.5. The van der Waals surface area contributed by atoms with Crippen molar-refractivity contribution in [1.29, 1.82) is 0 Å². The highest BCUT2D eigenvalue weighted by Gasteiger charge is 2.27. The third-order valence-electron chi connectivity index (χ3n) is 4.74. The summed E-state index contributed by atoms with van der Waals surface area (Å²) in [4.78, 5) is 4.69. The Labute approximate surface area is 122 Å². The molecule has 0 radical (unpaired) electrons. The molecule has 4 heteroatoms. The van der Waals surface area contributed by atoms with E-state index >= 15 is 0 Å². The molecule has 2 unspecified atom stereocenters. The van der Waals surface area contributed by atoms with E-state index in [-0.39, 0.29) is 5.92 Å². The summed E-state index contributed by atoms with van der Waals surface area (Å²) in [5.74, 6) is 3.38. The van der Waals surface area contributed by atoms with Gasteiger partial charge in [-0.25, -0.2) is 0 Å². The van der Waals surface area contributed by atoms with Gasteiger partial charge in [-0.05, 0) is 31.7 Å². The van der Waals surface area contributed by atoms with Gasteiger partial charge in [0.1, 0.15) is 0 Å². The number of aromatic nitrogens is 2. The van der Waals surface area contributed by atoms with E-state index in [1.807, 2.05) is 0 Å². The van der Waals surface area contributed by atoms with Crippen molar-refractivity contribution in [2.75, 3.05) is 6.54 Å². The maximum atomic E-state index is 5.53. The zero-order chi connectivity index (χ0) is 14.5. The van der Waals surface area contributed by atoms with Crippen molar-refractivity contribution in [2.45, 2.75) is 77.7 Å². The van der Waals surface area contributed by atoms with Crippen LogP contribution in [0.2, 0.25) is 0 Å². The Morgan fingerprint density at radius 1 is 1.25 bits per heavy atom. The molecule has 1 aliphatic carbocycles. The molecule has 1 fully saturated rings. The lowest BCUT2D eigenvalue weighted by atomic mass is 9.83. The number of likely N-dealkylation sites (N-methyl/N-ethyl adjacent to an activating group) is 1. The van der Waals surface area contributed by atoms with Crippen LogP contribution in [0.4, 0.5) is 0 Å². The Bertz CT molecular complexity index is 396. The van der Waals surface area contributed by atoms with Crippen LogP contribution in [0.3, 0.4) is 0 Å². The normalized spacial score (nSPS) is 26.4. The van der Waals surface area contributed by atoms with Gasteiger partial charge in [0, 0.05) is 12.0 Å². The second-order valence-electron chi connectivity index (χ2n) is 6.31. The molecule has 114 valence electrons. The van der Waals surface area contributed by atoms with Crippen LogP contribution in [0.25, 0.3) is 0 Å². The fraction of sp³-hybridized carbons (Fsp3) is 0.875. The van der Waals surface area contributed by atoms with Crippen LogP contribution >= 0.6 is 0 Å². The topological polar surface area (TPSA) is 51.0 Å². The average molecular weight is 279 g/mol. The molecule has 0 bridgehead atoms. The smallest absolute Gasteiger partial charge is 0.231 e. The Hall–Kier alpha value is -0.900. The fourth-order valence-electron chi connectivity index (χ4n) is 3.23. The van der Waals surface area contributed by atoms with Crippen molar-refractivity contribution in [3.63, 3.8) is 0 Å². The summed E-state index contributed by atoms with van der Waals surface area (Å²) < 4.78 is 5.53. The minimum atomic E-state index is 0.281. The lowest BCUT2D eigenvalue weighted by molar-refractivity contribution is 0.307. The summed E-state index contributed by atoms with van der Waals surface area (Å²) >= 11 is 0. The molecule has 0 saturated heterocycles. The molecule has 1 N–H and O–H groups in total. The van der Waals surface area contributed by atoms with E-state index in [2.05, 4.69) is 38.2 Å². The van der Waals surface area contributed by atoms with Crippen molar-refractivity contribution in [3.05, 3.63) is 11.7 Å². The average Bonchev–Trinajstić information content (AvgIpc) is 2.94. The van der Waals surface area contributed by atoms with Crippen LogP contribution in [0.5, 0.6) is 0 Å². The van der Waals surface area contributed by atoms with Gasteiger partial charge in [-0.1, -0.05) is 45.7 Å². The minimum absolute atomic E-state index is 0.281. The highest BCUT2D eigenvalue weighted by Crippen LogP contribution is 2.34. The predicted octanol–water partition coefficient (Wildman–Crippen LogP) is 3.85. The van der Waals surface area contributed by atoms with Gasteiger partial charge < -0.3 is 9.84 Å². The third kappa shape index (κ3) is 3.60. The van der Waals surface area contributed by atoms with E-state index in [9.17, 15) is 0 Å². The summed E-state index contributed by atoms with van der Waals surface area (Å²) in [5.41, 5.74) is 0. The Morgan fingerprint density at radius 3 is 2.55 bits per heavy atom. The molecule has 0 amide bonds. The van der Waals surface area contributed by atoms with E-state index in [1.165, 1.54) is 25.7 Å². The zero-order valence-corrected chi connectivity index (χ0v) is 13.4. The number of nitrogens with zero attached hydrogens (tertiary/aromatic N) is 2. The molecule has 20 heavy (non-hydrogen) atoms. The van der Waals surface area contributed by atoms with Gasteiger partial charge in [-0.3, -0.25) is 0 Å². The summed E-state index contributed by atoms with van der Waals surface area (Å²) in [7, 11) is 0. The first-order chi connectivity index (χ1) is 9.65. The van der Waals surface area contributed by atoms with Crippen molar-refractivity contribution < 1.29 is 4.52 Å². The summed E-state index contributed by atoms with van der Waals surface area (Å²) in [6, 6.07) is 0.416. The molecule has 1 heterocycles. The minimum Gasteiger partial charge on any atom is -0.339 e. The summed E-state index contributed by atoms with van der Waals surface area (Å²) in [6.45, 7) is 9.82. The molecule has 1 saturated carbocycles. The number of hydrogen-bond acceptors (Lipinski definition) is 4. The van der Waals surface area contributed by atoms with E-state index in [1.54, 1.807) is 0 Å². The Balaban J connectivity index is 2.00. The molecule has 1 aromatic heterocycles. The van der Waals surface area contributed by atoms with E-state index in [4.69, 9.17) is 9.51 Å². The van der Waals surface area contributed by atoms with Crippen molar-refractivity contribution >= 4 is 0 Å². The molecule has 2 rings (SSSR count). The van der Waals surface area contributed by atoms with Gasteiger partial charge in [-0.2, -0.15) is 4.98 Å². The lowest BCUT2D eigenvalue weighted by Gasteiger charge is -2.23. The quantitative estimate of drug-likeness (QED) is 0.859. The molecule has 1 aromatic rings. The summed E-state index contributed by atoms with van der Waals surface area (Å²) in [5, 5.41) is 7.75. The van der Waals surface area contributed by atoms with Crippen LogP contribution in [0, 0.1) is 5.92 Å². The second-order valence-corrected chi connectivity index (χ2v) is 6.31. The van der Waals surface area contributed by atoms with Crippen LogP contribution in [-0.4, -0.2) is 22.7 Å². The van der Waals surface area contributed by atoms with Gasteiger partial charge in [0.05, 0.1) is 5.92 Å². The predicted molar refractivity (Wildman–Crippen MR) is 80.8 cm³/mol. The maximum Gasteiger partial charge on any atom is 0.231 e. The second kappa shape index (κ2) is 7.21. The lowest BCUT2D eigenvalue weighted by Crippen LogP contribution is -2.33. The monoisotopic (exact) mass is 279 g/mol. The summed E-state index contributed by atoms with van der Waals surface area (Å²) in [6.07, 6.45) is 6.07. The third-order valence-corrected chi connectivity index (χ3v) is 4.74. The highest BCUT2D eigenvalue weighted by molar-refractivity contribution is 5.02. The molecule has 0 aromatic carbocycles. The molecule has 1 aliphatic rings. The first-order valence-electron chi connectivity index (χ1n) is 8.22.